The average molecular weight is 465 g/mol. The van der Waals surface area contributed by atoms with Crippen molar-refractivity contribution < 1.29 is 4.79 Å². The maximum atomic E-state index is 13.0. The molecule has 0 bridgehead atoms. The predicted octanol–water partition coefficient (Wildman–Crippen LogP) is 2.80. The number of pyridine rings is 2. The Kier molecular flexibility index (Phi) is 7.67. The third kappa shape index (κ3) is 6.05. The Morgan fingerprint density at radius 1 is 1.21 bits per heavy atom. The molecule has 0 radical (unpaired) electrons. The molecule has 1 amide bonds. The number of anilines is 2. The van der Waals surface area contributed by atoms with Crippen molar-refractivity contribution in [2.75, 3.05) is 57.5 Å². The van der Waals surface area contributed by atoms with Crippen molar-refractivity contribution in [1.82, 2.24) is 19.8 Å². The van der Waals surface area contributed by atoms with E-state index in [4.69, 9.17) is 0 Å². The minimum absolute atomic E-state index is 0.0579. The van der Waals surface area contributed by atoms with E-state index in [1.54, 1.807) is 18.5 Å². The molecule has 4 rings (SSSR count). The number of nitrogens with zero attached hydrogens (tertiary/aromatic N) is 4. The Labute approximate surface area is 201 Å². The molecular formula is C26H36N6O2. The van der Waals surface area contributed by atoms with Crippen LogP contribution in [-0.2, 0) is 4.79 Å². The number of likely N-dealkylation sites (tertiary alicyclic amines) is 1. The molecular weight excluding hydrogens is 428 g/mol. The number of likely N-dealkylation sites (N-methyl/N-ethyl adjacent to an activating group) is 1. The van der Waals surface area contributed by atoms with Gasteiger partial charge in [-0.05, 0) is 69.5 Å². The van der Waals surface area contributed by atoms with Crippen LogP contribution in [-0.4, -0.2) is 79.0 Å². The zero-order valence-corrected chi connectivity index (χ0v) is 20.5. The lowest BCUT2D eigenvalue weighted by atomic mass is 10.0. The molecule has 3 heterocycles. The van der Waals surface area contributed by atoms with Gasteiger partial charge in [-0.15, -0.1) is 0 Å². The number of carbonyl (C=O) groups excluding carboxylic acids is 1. The van der Waals surface area contributed by atoms with Crippen molar-refractivity contribution in [3.8, 4) is 11.1 Å². The van der Waals surface area contributed by atoms with Crippen molar-refractivity contribution in [3.05, 3.63) is 53.1 Å². The standard InChI is InChI=1S/C26H36N6O2/c1-27-24-16-20(8-11-28-24)21-15-23(26(34)29-17-21)32(18-19-6-7-19)22-9-13-31(14-10-22)25(33)5-4-12-30(2)3/h4-5,8,11,15-17,19,22H,6-7,9-10,12-14,18H2,1-3H3,(H,27,28)(H,29,34)/b5-4+. The SMILES string of the molecule is CNc1cc(-c2c[nH]c(=O)c(N(CC3CC3)C3CCN(C(=O)/C=C/CN(C)C)CC3)c2)ccn1. The number of rotatable bonds is 9. The Hall–Kier alpha value is -3.13. The lowest BCUT2D eigenvalue weighted by Gasteiger charge is -2.39. The van der Waals surface area contributed by atoms with E-state index in [0.717, 1.165) is 48.6 Å². The molecule has 1 aliphatic heterocycles. The summed E-state index contributed by atoms with van der Waals surface area (Å²) in [6, 6.07) is 6.20. The fraction of sp³-hybridized carbons (Fsp3) is 0.500. The Morgan fingerprint density at radius 3 is 2.65 bits per heavy atom. The van der Waals surface area contributed by atoms with E-state index in [1.165, 1.54) is 12.8 Å². The first-order valence-corrected chi connectivity index (χ1v) is 12.2. The van der Waals surface area contributed by atoms with Crippen LogP contribution in [0, 0.1) is 5.92 Å². The van der Waals surface area contributed by atoms with Gasteiger partial charge in [-0.25, -0.2) is 4.98 Å². The Bertz CT molecular complexity index is 1070. The van der Waals surface area contributed by atoms with Crippen molar-refractivity contribution >= 4 is 17.4 Å². The molecule has 0 aromatic carbocycles. The number of nitrogens with one attached hydrogen (secondary N) is 2. The highest BCUT2D eigenvalue weighted by molar-refractivity contribution is 5.87. The fourth-order valence-electron chi connectivity index (χ4n) is 4.49. The van der Waals surface area contributed by atoms with E-state index >= 15 is 0 Å². The highest BCUT2D eigenvalue weighted by atomic mass is 16.2. The van der Waals surface area contributed by atoms with E-state index in [2.05, 4.69) is 20.2 Å². The fourth-order valence-corrected chi connectivity index (χ4v) is 4.49. The van der Waals surface area contributed by atoms with Crippen molar-refractivity contribution in [3.63, 3.8) is 0 Å². The topological polar surface area (TPSA) is 84.6 Å². The summed E-state index contributed by atoms with van der Waals surface area (Å²) in [4.78, 5) is 39.0. The molecule has 34 heavy (non-hydrogen) atoms. The molecule has 1 saturated carbocycles. The van der Waals surface area contributed by atoms with Crippen molar-refractivity contribution in [2.45, 2.75) is 31.7 Å². The maximum absolute atomic E-state index is 13.0. The van der Waals surface area contributed by atoms with Gasteiger partial charge in [-0.1, -0.05) is 6.08 Å². The van der Waals surface area contributed by atoms with Gasteiger partial charge in [-0.2, -0.15) is 0 Å². The summed E-state index contributed by atoms with van der Waals surface area (Å²) in [5.41, 5.74) is 2.64. The normalized spacial score (nSPS) is 16.9. The van der Waals surface area contributed by atoms with E-state index in [0.29, 0.717) is 19.0 Å². The summed E-state index contributed by atoms with van der Waals surface area (Å²) in [5, 5.41) is 3.07. The quantitative estimate of drug-likeness (QED) is 0.555. The summed E-state index contributed by atoms with van der Waals surface area (Å²) in [7, 11) is 5.82. The smallest absolute Gasteiger partial charge is 0.271 e. The number of amides is 1. The van der Waals surface area contributed by atoms with Crippen LogP contribution in [0.1, 0.15) is 25.7 Å². The molecule has 1 aliphatic carbocycles. The minimum atomic E-state index is -0.0579. The van der Waals surface area contributed by atoms with Gasteiger partial charge in [0.25, 0.3) is 5.56 Å². The van der Waals surface area contributed by atoms with Gasteiger partial charge < -0.3 is 25.0 Å². The van der Waals surface area contributed by atoms with Crippen LogP contribution in [0.25, 0.3) is 11.1 Å². The number of aromatic amines is 1. The third-order valence-electron chi connectivity index (χ3n) is 6.64. The molecule has 8 heteroatoms. The first-order valence-electron chi connectivity index (χ1n) is 12.2. The van der Waals surface area contributed by atoms with E-state index < -0.39 is 0 Å². The van der Waals surface area contributed by atoms with Crippen molar-refractivity contribution in [2.24, 2.45) is 5.92 Å². The van der Waals surface area contributed by atoms with Gasteiger partial charge in [0.1, 0.15) is 11.5 Å². The monoisotopic (exact) mass is 464 g/mol. The number of carbonyl (C=O) groups is 1. The van der Waals surface area contributed by atoms with E-state index in [1.807, 2.05) is 55.2 Å². The lowest BCUT2D eigenvalue weighted by molar-refractivity contribution is -0.127. The minimum Gasteiger partial charge on any atom is -0.373 e. The second-order valence-electron chi connectivity index (χ2n) is 9.60. The predicted molar refractivity (Wildman–Crippen MR) is 137 cm³/mol. The maximum Gasteiger partial charge on any atom is 0.271 e. The Balaban J connectivity index is 1.51. The van der Waals surface area contributed by atoms with Gasteiger partial charge in [0.15, 0.2) is 0 Å². The van der Waals surface area contributed by atoms with Crippen molar-refractivity contribution in [1.29, 1.82) is 0 Å². The van der Waals surface area contributed by atoms with Gasteiger partial charge >= 0.3 is 0 Å². The summed E-state index contributed by atoms with van der Waals surface area (Å²) in [6.07, 6.45) is 11.3. The number of hydrogen-bond acceptors (Lipinski definition) is 6. The molecule has 2 aliphatic rings. The van der Waals surface area contributed by atoms with Crippen LogP contribution in [0.3, 0.4) is 0 Å². The first kappa shape index (κ1) is 24.0. The number of H-pyrrole nitrogens is 1. The van der Waals surface area contributed by atoms with Gasteiger partial charge in [-0.3, -0.25) is 9.59 Å². The van der Waals surface area contributed by atoms with Gasteiger partial charge in [0, 0.05) is 63.3 Å². The molecule has 2 aromatic rings. The number of aromatic nitrogens is 2. The molecule has 8 nitrogen and oxygen atoms in total. The molecule has 2 N–H and O–H groups in total. The second-order valence-corrected chi connectivity index (χ2v) is 9.60. The summed E-state index contributed by atoms with van der Waals surface area (Å²) in [5.74, 6) is 1.51. The lowest BCUT2D eigenvalue weighted by Crippen LogP contribution is -2.48. The Morgan fingerprint density at radius 2 is 1.97 bits per heavy atom. The zero-order chi connectivity index (χ0) is 24.1. The highest BCUT2D eigenvalue weighted by Crippen LogP contribution is 2.34. The molecule has 0 atom stereocenters. The van der Waals surface area contributed by atoms with E-state index in [-0.39, 0.29) is 17.5 Å². The number of hydrogen-bond donors (Lipinski definition) is 2. The van der Waals surface area contributed by atoms with Gasteiger partial charge in [0.2, 0.25) is 5.91 Å². The molecule has 2 fully saturated rings. The van der Waals surface area contributed by atoms with Crippen LogP contribution in [0.4, 0.5) is 11.5 Å². The number of piperidine rings is 1. The molecule has 0 unspecified atom stereocenters. The third-order valence-corrected chi connectivity index (χ3v) is 6.64. The van der Waals surface area contributed by atoms with Crippen LogP contribution >= 0.6 is 0 Å². The highest BCUT2D eigenvalue weighted by Gasteiger charge is 2.32. The van der Waals surface area contributed by atoms with Crippen LogP contribution in [0.2, 0.25) is 0 Å². The zero-order valence-electron chi connectivity index (χ0n) is 20.5. The summed E-state index contributed by atoms with van der Waals surface area (Å²) in [6.45, 7) is 3.07. The van der Waals surface area contributed by atoms with Crippen LogP contribution < -0.4 is 15.8 Å². The van der Waals surface area contributed by atoms with Crippen LogP contribution in [0.5, 0.6) is 0 Å². The second kappa shape index (κ2) is 10.9. The first-order chi connectivity index (χ1) is 16.4. The summed E-state index contributed by atoms with van der Waals surface area (Å²) >= 11 is 0. The van der Waals surface area contributed by atoms with Crippen LogP contribution in [0.15, 0.2) is 47.5 Å². The average Bonchev–Trinajstić information content (AvgIpc) is 3.67. The van der Waals surface area contributed by atoms with E-state index in [9.17, 15) is 9.59 Å². The molecule has 0 spiro atoms. The largest absolute Gasteiger partial charge is 0.373 e. The molecule has 2 aromatic heterocycles. The molecule has 182 valence electrons. The summed E-state index contributed by atoms with van der Waals surface area (Å²) < 4.78 is 0. The molecule has 1 saturated heterocycles. The van der Waals surface area contributed by atoms with Gasteiger partial charge in [0.05, 0.1) is 0 Å².